The van der Waals surface area contributed by atoms with Crippen LogP contribution in [0, 0.1) is 0 Å². The number of rotatable bonds is 9. The fourth-order valence-corrected chi connectivity index (χ4v) is 6.96. The Morgan fingerprint density at radius 2 is 1.36 bits per heavy atom. The molecule has 2 saturated heterocycles. The molecule has 0 spiro atoms. The van der Waals surface area contributed by atoms with E-state index in [1.165, 1.54) is 12.7 Å². The zero-order valence-corrected chi connectivity index (χ0v) is 26.8. The Balaban J connectivity index is 1.26. The van der Waals surface area contributed by atoms with Crippen LogP contribution in [0.1, 0.15) is 37.3 Å². The molecule has 234 valence electrons. The van der Waals surface area contributed by atoms with E-state index in [9.17, 15) is 0 Å². The van der Waals surface area contributed by atoms with Gasteiger partial charge in [-0.2, -0.15) is 9.97 Å². The third-order valence-corrected chi connectivity index (χ3v) is 9.31. The SMILES string of the molecule is Clc1ccc(NC2c3ccccc3NC(COc3ncnc(Cl)c3N3CCCC3)C2Oc2ncnc(Cl)c2N2CCCC2)cc1. The lowest BCUT2D eigenvalue weighted by Crippen LogP contribution is -2.51. The summed E-state index contributed by atoms with van der Waals surface area (Å²) in [5.41, 5.74) is 4.34. The van der Waals surface area contributed by atoms with E-state index in [-0.39, 0.29) is 18.7 Å². The summed E-state index contributed by atoms with van der Waals surface area (Å²) in [6.07, 6.45) is 6.68. The van der Waals surface area contributed by atoms with Gasteiger partial charge in [0.25, 0.3) is 0 Å². The number of para-hydroxylation sites is 1. The van der Waals surface area contributed by atoms with Crippen LogP contribution in [0.4, 0.5) is 22.7 Å². The minimum absolute atomic E-state index is 0.226. The molecule has 10 nitrogen and oxygen atoms in total. The van der Waals surface area contributed by atoms with Crippen LogP contribution in [0.15, 0.2) is 61.2 Å². The van der Waals surface area contributed by atoms with E-state index < -0.39 is 6.10 Å². The third kappa shape index (κ3) is 6.36. The number of benzene rings is 2. The van der Waals surface area contributed by atoms with E-state index in [4.69, 9.17) is 44.3 Å². The van der Waals surface area contributed by atoms with E-state index >= 15 is 0 Å². The normalized spacial score (nSPS) is 20.9. The maximum Gasteiger partial charge on any atom is 0.242 e. The molecule has 0 bridgehead atoms. The maximum atomic E-state index is 6.92. The van der Waals surface area contributed by atoms with Gasteiger partial charge in [-0.1, -0.05) is 53.0 Å². The predicted molar refractivity (Wildman–Crippen MR) is 179 cm³/mol. The van der Waals surface area contributed by atoms with E-state index in [0.29, 0.717) is 32.8 Å². The second-order valence-corrected chi connectivity index (χ2v) is 12.5. The van der Waals surface area contributed by atoms with Crippen LogP contribution in [-0.4, -0.2) is 64.9 Å². The molecule has 3 aliphatic rings. The number of nitrogens with one attached hydrogen (secondary N) is 2. The monoisotopic (exact) mass is 666 g/mol. The van der Waals surface area contributed by atoms with Crippen LogP contribution in [0.5, 0.6) is 11.8 Å². The van der Waals surface area contributed by atoms with Crippen molar-refractivity contribution in [1.29, 1.82) is 0 Å². The van der Waals surface area contributed by atoms with Gasteiger partial charge >= 0.3 is 0 Å². The minimum Gasteiger partial charge on any atom is -0.474 e. The third-order valence-electron chi connectivity index (χ3n) is 8.51. The Bertz CT molecular complexity index is 1630. The van der Waals surface area contributed by atoms with E-state index in [2.05, 4.69) is 52.5 Å². The number of halogens is 3. The van der Waals surface area contributed by atoms with Crippen molar-refractivity contribution in [3.05, 3.63) is 82.1 Å². The van der Waals surface area contributed by atoms with Crippen molar-refractivity contribution in [3.8, 4) is 11.8 Å². The summed E-state index contributed by atoms with van der Waals surface area (Å²) in [6.45, 7) is 3.71. The quantitative estimate of drug-likeness (QED) is 0.183. The first-order valence-electron chi connectivity index (χ1n) is 15.2. The Hall–Kier alpha value is -3.73. The van der Waals surface area contributed by atoms with Crippen LogP contribution in [0.25, 0.3) is 0 Å². The second-order valence-electron chi connectivity index (χ2n) is 11.4. The van der Waals surface area contributed by atoms with Gasteiger partial charge in [0.15, 0.2) is 10.3 Å². The lowest BCUT2D eigenvalue weighted by Gasteiger charge is -2.41. The van der Waals surface area contributed by atoms with Gasteiger partial charge in [0.1, 0.15) is 36.7 Å². The van der Waals surface area contributed by atoms with Gasteiger partial charge in [-0.3, -0.25) is 0 Å². The molecule has 45 heavy (non-hydrogen) atoms. The van der Waals surface area contributed by atoms with E-state index in [0.717, 1.165) is 74.5 Å². The molecule has 5 heterocycles. The molecule has 2 fully saturated rings. The molecule has 13 heteroatoms. The van der Waals surface area contributed by atoms with Crippen LogP contribution in [0.3, 0.4) is 0 Å². The van der Waals surface area contributed by atoms with Crippen LogP contribution >= 0.6 is 34.8 Å². The van der Waals surface area contributed by atoms with Gasteiger partial charge < -0.3 is 29.9 Å². The summed E-state index contributed by atoms with van der Waals surface area (Å²) in [5, 5.41) is 8.79. The highest BCUT2D eigenvalue weighted by Gasteiger charge is 2.41. The van der Waals surface area contributed by atoms with Gasteiger partial charge in [0.2, 0.25) is 11.8 Å². The molecule has 0 radical (unpaired) electrons. The number of nitrogens with zero attached hydrogens (tertiary/aromatic N) is 6. The summed E-state index contributed by atoms with van der Waals surface area (Å²) < 4.78 is 13.4. The molecule has 0 saturated carbocycles. The lowest BCUT2D eigenvalue weighted by molar-refractivity contribution is 0.118. The average molecular weight is 668 g/mol. The molecule has 0 aliphatic carbocycles. The largest absolute Gasteiger partial charge is 0.474 e. The topological polar surface area (TPSA) is 101 Å². The van der Waals surface area contributed by atoms with Crippen molar-refractivity contribution in [2.45, 2.75) is 43.9 Å². The molecule has 3 atom stereocenters. The number of aromatic nitrogens is 4. The highest BCUT2D eigenvalue weighted by Crippen LogP contribution is 2.42. The van der Waals surface area contributed by atoms with E-state index in [1.54, 1.807) is 0 Å². The number of hydrogen-bond acceptors (Lipinski definition) is 10. The average Bonchev–Trinajstić information content (AvgIpc) is 3.78. The first-order valence-corrected chi connectivity index (χ1v) is 16.4. The molecule has 3 aliphatic heterocycles. The highest BCUT2D eigenvalue weighted by atomic mass is 35.5. The summed E-state index contributed by atoms with van der Waals surface area (Å²) in [6, 6.07) is 15.2. The van der Waals surface area contributed by atoms with Gasteiger partial charge in [-0.05, 0) is 56.0 Å². The molecule has 2 aromatic heterocycles. The molecule has 0 amide bonds. The molecule has 2 aromatic carbocycles. The Labute approximate surface area is 277 Å². The first kappa shape index (κ1) is 30.0. The summed E-state index contributed by atoms with van der Waals surface area (Å²) in [4.78, 5) is 22.0. The van der Waals surface area contributed by atoms with Crippen molar-refractivity contribution in [1.82, 2.24) is 19.9 Å². The standard InChI is InChI=1S/C32H33Cl3N8O2/c33-20-9-11-21(12-10-20)40-25-22-7-1-2-8-23(22)41-24(17-44-31-26(29(34)36-18-38-31)42-13-3-4-14-42)28(25)45-32-27(30(35)37-19-39-32)43-15-5-6-16-43/h1-2,7-12,18-19,24-25,28,40-41H,3-6,13-17H2. The fourth-order valence-electron chi connectivity index (χ4n) is 6.35. The van der Waals surface area contributed by atoms with Crippen LogP contribution < -0.4 is 29.9 Å². The van der Waals surface area contributed by atoms with Crippen molar-refractivity contribution >= 4 is 57.6 Å². The molecule has 3 unspecified atom stereocenters. The highest BCUT2D eigenvalue weighted by molar-refractivity contribution is 6.32. The minimum atomic E-state index is -0.504. The number of ether oxygens (including phenoxy) is 2. The fraction of sp³-hybridized carbons (Fsp3) is 0.375. The van der Waals surface area contributed by atoms with Crippen molar-refractivity contribution in [2.24, 2.45) is 0 Å². The molecule has 4 aromatic rings. The van der Waals surface area contributed by atoms with Crippen LogP contribution in [-0.2, 0) is 0 Å². The summed E-state index contributed by atoms with van der Waals surface area (Å²) >= 11 is 19.5. The molecule has 7 rings (SSSR count). The molecular formula is C32H33Cl3N8O2. The van der Waals surface area contributed by atoms with E-state index in [1.807, 2.05) is 36.4 Å². The number of hydrogen-bond donors (Lipinski definition) is 2. The summed E-state index contributed by atoms with van der Waals surface area (Å²) in [7, 11) is 0. The zero-order chi connectivity index (χ0) is 30.8. The van der Waals surface area contributed by atoms with Gasteiger partial charge in [-0.15, -0.1) is 0 Å². The first-order chi connectivity index (χ1) is 22.0. The molecular weight excluding hydrogens is 635 g/mol. The Morgan fingerprint density at radius 1 is 0.756 bits per heavy atom. The lowest BCUT2D eigenvalue weighted by atomic mass is 9.89. The second kappa shape index (κ2) is 13.3. The van der Waals surface area contributed by atoms with Crippen molar-refractivity contribution < 1.29 is 9.47 Å². The summed E-state index contributed by atoms with van der Waals surface area (Å²) in [5.74, 6) is 0.875. The maximum absolute atomic E-state index is 6.92. The number of anilines is 4. The molecule has 2 N–H and O–H groups in total. The van der Waals surface area contributed by atoms with Crippen molar-refractivity contribution in [2.75, 3.05) is 53.2 Å². The zero-order valence-electron chi connectivity index (χ0n) is 24.5. The predicted octanol–water partition coefficient (Wildman–Crippen LogP) is 6.90. The van der Waals surface area contributed by atoms with Crippen LogP contribution in [0.2, 0.25) is 15.3 Å². The van der Waals surface area contributed by atoms with Crippen molar-refractivity contribution in [3.63, 3.8) is 0 Å². The van der Waals surface area contributed by atoms with Gasteiger partial charge in [-0.25, -0.2) is 9.97 Å². The smallest absolute Gasteiger partial charge is 0.242 e. The Kier molecular flexibility index (Phi) is 8.87. The van der Waals surface area contributed by atoms with Gasteiger partial charge in [0, 0.05) is 48.1 Å². The number of fused-ring (bicyclic) bond motifs is 1. The Morgan fingerprint density at radius 3 is 2.02 bits per heavy atom. The van der Waals surface area contributed by atoms with Gasteiger partial charge in [0.05, 0.1) is 12.1 Å².